The Morgan fingerprint density at radius 3 is 2.61 bits per heavy atom. The van der Waals surface area contributed by atoms with Crippen molar-refractivity contribution in [1.82, 2.24) is 14.5 Å². The number of piperazine rings is 1. The number of aromatic nitrogens is 2. The van der Waals surface area contributed by atoms with Crippen molar-refractivity contribution in [3.63, 3.8) is 0 Å². The van der Waals surface area contributed by atoms with Gasteiger partial charge in [0, 0.05) is 51.2 Å². The van der Waals surface area contributed by atoms with Crippen molar-refractivity contribution in [3.8, 4) is 5.75 Å². The van der Waals surface area contributed by atoms with E-state index in [0.717, 1.165) is 63.4 Å². The van der Waals surface area contributed by atoms with Gasteiger partial charge in [-0.25, -0.2) is 4.98 Å². The summed E-state index contributed by atoms with van der Waals surface area (Å²) in [5.41, 5.74) is 1.09. The highest BCUT2D eigenvalue weighted by Gasteiger charge is 2.17. The molecule has 7 heteroatoms. The summed E-state index contributed by atoms with van der Waals surface area (Å²) in [5, 5.41) is 7.64. The van der Waals surface area contributed by atoms with Crippen LogP contribution in [0.2, 0.25) is 0 Å². The number of aldehydes is 1. The second kappa shape index (κ2) is 10.0. The molecule has 0 spiro atoms. The van der Waals surface area contributed by atoms with Crippen molar-refractivity contribution in [3.05, 3.63) is 47.7 Å². The van der Waals surface area contributed by atoms with Crippen LogP contribution in [0, 0.1) is 5.41 Å². The molecule has 1 aliphatic heterocycles. The molecule has 0 radical (unpaired) electrons. The number of hydrogen-bond acceptors (Lipinski definition) is 6. The topological polar surface area (TPSA) is 74.5 Å². The summed E-state index contributed by atoms with van der Waals surface area (Å²) >= 11 is 0. The zero-order chi connectivity index (χ0) is 19.8. The number of aryl methyl sites for hydroxylation is 1. The van der Waals surface area contributed by atoms with Crippen LogP contribution in [-0.2, 0) is 7.05 Å². The van der Waals surface area contributed by atoms with Gasteiger partial charge in [0.1, 0.15) is 17.1 Å². The third kappa shape index (κ3) is 5.66. The second-order valence-corrected chi connectivity index (χ2v) is 7.17. The Morgan fingerprint density at radius 1 is 1.11 bits per heavy atom. The second-order valence-electron chi connectivity index (χ2n) is 7.17. The molecule has 1 N–H and O–H groups in total. The minimum absolute atomic E-state index is 0.473. The molecular weight excluding hydrogens is 354 g/mol. The smallest absolute Gasteiger partial charge is 0.151 e. The number of rotatable bonds is 9. The lowest BCUT2D eigenvalue weighted by Gasteiger charge is -2.35. The van der Waals surface area contributed by atoms with Crippen LogP contribution in [0.5, 0.6) is 5.75 Å². The van der Waals surface area contributed by atoms with Crippen LogP contribution in [0.4, 0.5) is 5.82 Å². The minimum atomic E-state index is 0.473. The molecule has 1 saturated heterocycles. The quantitative estimate of drug-likeness (QED) is 0.530. The number of nitrogens with zero attached hydrogens (tertiary/aromatic N) is 4. The van der Waals surface area contributed by atoms with Gasteiger partial charge in [0.25, 0.3) is 0 Å². The molecule has 0 bridgehead atoms. The van der Waals surface area contributed by atoms with Crippen LogP contribution in [0.1, 0.15) is 29.6 Å². The SMILES string of the molecule is Cn1cc(OCCCCCN2CCN(c3ccc(C=O)cn3)CC2)ccc1=N. The van der Waals surface area contributed by atoms with E-state index in [1.54, 1.807) is 16.8 Å². The maximum atomic E-state index is 10.7. The highest BCUT2D eigenvalue weighted by Crippen LogP contribution is 2.14. The number of unbranched alkanes of at least 4 members (excludes halogenated alkanes) is 2. The van der Waals surface area contributed by atoms with Crippen molar-refractivity contribution >= 4 is 12.1 Å². The zero-order valence-electron chi connectivity index (χ0n) is 16.5. The first-order chi connectivity index (χ1) is 13.7. The molecule has 1 fully saturated rings. The maximum Gasteiger partial charge on any atom is 0.151 e. The summed E-state index contributed by atoms with van der Waals surface area (Å²) in [5.74, 6) is 1.78. The Morgan fingerprint density at radius 2 is 1.93 bits per heavy atom. The molecule has 0 aliphatic carbocycles. The fourth-order valence-corrected chi connectivity index (χ4v) is 3.33. The summed E-state index contributed by atoms with van der Waals surface area (Å²) < 4.78 is 7.51. The van der Waals surface area contributed by atoms with Crippen LogP contribution < -0.4 is 15.1 Å². The molecule has 2 aromatic rings. The third-order valence-electron chi connectivity index (χ3n) is 5.10. The molecule has 7 nitrogen and oxygen atoms in total. The Kier molecular flexibility index (Phi) is 7.19. The van der Waals surface area contributed by atoms with Gasteiger partial charge >= 0.3 is 0 Å². The molecule has 0 amide bonds. The summed E-state index contributed by atoms with van der Waals surface area (Å²) in [6.45, 7) is 5.87. The first-order valence-electron chi connectivity index (χ1n) is 9.88. The molecular formula is C21H29N5O2. The fourth-order valence-electron chi connectivity index (χ4n) is 3.33. The molecule has 1 aliphatic rings. The molecule has 150 valence electrons. The van der Waals surface area contributed by atoms with Gasteiger partial charge in [-0.2, -0.15) is 0 Å². The molecule has 2 aromatic heterocycles. The Labute approximate surface area is 166 Å². The van der Waals surface area contributed by atoms with Crippen LogP contribution in [0.15, 0.2) is 36.7 Å². The number of anilines is 1. The number of carbonyl (C=O) groups is 1. The van der Waals surface area contributed by atoms with Crippen molar-refractivity contribution in [2.24, 2.45) is 7.05 Å². The van der Waals surface area contributed by atoms with Gasteiger partial charge in [0.15, 0.2) is 6.29 Å². The summed E-state index contributed by atoms with van der Waals surface area (Å²) in [6, 6.07) is 7.35. The van der Waals surface area contributed by atoms with Crippen LogP contribution in [0.25, 0.3) is 0 Å². The standard InChI is InChI=1S/C21H29N5O2/c1-24-16-19(6-7-20(24)22)28-14-4-2-3-9-25-10-12-26(13-11-25)21-8-5-18(17-27)15-23-21/h5-8,15-17,22H,2-4,9-14H2,1H3. The number of pyridine rings is 2. The predicted octanol–water partition coefficient (Wildman–Crippen LogP) is 2.08. The van der Waals surface area contributed by atoms with E-state index in [-0.39, 0.29) is 0 Å². The van der Waals surface area contributed by atoms with E-state index in [9.17, 15) is 4.79 Å². The lowest BCUT2D eigenvalue weighted by molar-refractivity contribution is 0.112. The average Bonchev–Trinajstić information content (AvgIpc) is 2.73. The Hall–Kier alpha value is -2.67. The maximum absolute atomic E-state index is 10.7. The molecule has 0 aromatic carbocycles. The normalized spacial score (nSPS) is 14.8. The molecule has 28 heavy (non-hydrogen) atoms. The van der Waals surface area contributed by atoms with E-state index in [2.05, 4.69) is 14.8 Å². The van der Waals surface area contributed by atoms with Gasteiger partial charge in [-0.15, -0.1) is 0 Å². The summed E-state index contributed by atoms with van der Waals surface area (Å²) in [4.78, 5) is 19.9. The van der Waals surface area contributed by atoms with Crippen LogP contribution >= 0.6 is 0 Å². The molecule has 0 unspecified atom stereocenters. The van der Waals surface area contributed by atoms with Crippen molar-refractivity contribution in [2.75, 3.05) is 44.2 Å². The zero-order valence-corrected chi connectivity index (χ0v) is 16.5. The van der Waals surface area contributed by atoms with Gasteiger partial charge in [0.05, 0.1) is 6.61 Å². The Balaban J connectivity index is 1.28. The summed E-state index contributed by atoms with van der Waals surface area (Å²) in [7, 11) is 1.85. The fraction of sp³-hybridized carbons (Fsp3) is 0.476. The predicted molar refractivity (Wildman–Crippen MR) is 109 cm³/mol. The number of nitrogens with one attached hydrogen (secondary N) is 1. The van der Waals surface area contributed by atoms with Gasteiger partial charge in [-0.1, -0.05) is 0 Å². The van der Waals surface area contributed by atoms with E-state index in [1.165, 1.54) is 6.42 Å². The Bertz CT molecular complexity index is 810. The van der Waals surface area contributed by atoms with Crippen LogP contribution in [0.3, 0.4) is 0 Å². The lowest BCUT2D eigenvalue weighted by atomic mass is 10.2. The van der Waals surface area contributed by atoms with E-state index >= 15 is 0 Å². The van der Waals surface area contributed by atoms with Crippen molar-refractivity contribution in [1.29, 1.82) is 5.41 Å². The van der Waals surface area contributed by atoms with Crippen molar-refractivity contribution in [2.45, 2.75) is 19.3 Å². The molecule has 3 rings (SSSR count). The van der Waals surface area contributed by atoms with Gasteiger partial charge in [-0.05, 0) is 50.1 Å². The van der Waals surface area contributed by atoms with E-state index in [0.29, 0.717) is 17.7 Å². The number of ether oxygens (including phenoxy) is 1. The highest BCUT2D eigenvalue weighted by atomic mass is 16.5. The minimum Gasteiger partial charge on any atom is -0.492 e. The third-order valence-corrected chi connectivity index (χ3v) is 5.10. The van der Waals surface area contributed by atoms with E-state index in [4.69, 9.17) is 10.1 Å². The molecule has 0 saturated carbocycles. The number of hydrogen-bond donors (Lipinski definition) is 1. The molecule has 0 atom stereocenters. The largest absolute Gasteiger partial charge is 0.492 e. The van der Waals surface area contributed by atoms with Gasteiger partial charge in [-0.3, -0.25) is 15.1 Å². The lowest BCUT2D eigenvalue weighted by Crippen LogP contribution is -2.46. The summed E-state index contributed by atoms with van der Waals surface area (Å²) in [6.07, 6.45) is 7.68. The van der Waals surface area contributed by atoms with E-state index in [1.807, 2.05) is 31.4 Å². The monoisotopic (exact) mass is 383 g/mol. The first-order valence-corrected chi connectivity index (χ1v) is 9.88. The number of carbonyl (C=O) groups excluding carboxylic acids is 1. The average molecular weight is 383 g/mol. The van der Waals surface area contributed by atoms with E-state index < -0.39 is 0 Å². The van der Waals surface area contributed by atoms with Crippen LogP contribution in [-0.4, -0.2) is 60.1 Å². The van der Waals surface area contributed by atoms with Gasteiger partial charge < -0.3 is 14.2 Å². The molecule has 3 heterocycles. The highest BCUT2D eigenvalue weighted by molar-refractivity contribution is 5.74. The van der Waals surface area contributed by atoms with Crippen molar-refractivity contribution < 1.29 is 9.53 Å². The first kappa shape index (κ1) is 20.1. The van der Waals surface area contributed by atoms with Gasteiger partial charge in [0.2, 0.25) is 0 Å².